The van der Waals surface area contributed by atoms with Crippen LogP contribution in [0.4, 0.5) is 13.2 Å². The second kappa shape index (κ2) is 6.37. The van der Waals surface area contributed by atoms with Crippen molar-refractivity contribution in [3.05, 3.63) is 29.8 Å². The third-order valence-corrected chi connectivity index (χ3v) is 2.81. The van der Waals surface area contributed by atoms with E-state index in [-0.39, 0.29) is 35.1 Å². The smallest absolute Gasteiger partial charge is 0.324 e. The standard InChI is InChI=1S/C10H12F3NS.ClH/c1-2-8(14)7-5-3-4-6-9(7)15-10(11,12)13;/h3-6,8H,2,14H2,1H3;1H/t8-;/m1./s1. The molecule has 6 heteroatoms. The molecule has 1 aromatic rings. The van der Waals surface area contributed by atoms with E-state index in [4.69, 9.17) is 5.73 Å². The molecule has 0 saturated carbocycles. The van der Waals surface area contributed by atoms with E-state index in [2.05, 4.69) is 0 Å². The summed E-state index contributed by atoms with van der Waals surface area (Å²) in [4.78, 5) is 0.194. The van der Waals surface area contributed by atoms with Crippen molar-refractivity contribution in [3.8, 4) is 0 Å². The molecule has 92 valence electrons. The Bertz CT molecular complexity index is 330. The minimum atomic E-state index is -4.26. The Morgan fingerprint density at radius 2 is 1.88 bits per heavy atom. The van der Waals surface area contributed by atoms with Gasteiger partial charge in [0, 0.05) is 10.9 Å². The molecule has 0 radical (unpaired) electrons. The number of hydrogen-bond acceptors (Lipinski definition) is 2. The minimum Gasteiger partial charge on any atom is -0.324 e. The molecule has 0 aliphatic carbocycles. The molecular formula is C10H13ClF3NS. The van der Waals surface area contributed by atoms with E-state index >= 15 is 0 Å². The number of halogens is 4. The zero-order valence-electron chi connectivity index (χ0n) is 8.62. The molecule has 0 spiro atoms. The van der Waals surface area contributed by atoms with Crippen molar-refractivity contribution in [2.24, 2.45) is 5.73 Å². The van der Waals surface area contributed by atoms with Crippen LogP contribution in [0.1, 0.15) is 24.9 Å². The molecule has 0 amide bonds. The quantitative estimate of drug-likeness (QED) is 0.837. The highest BCUT2D eigenvalue weighted by Crippen LogP contribution is 2.39. The second-order valence-electron chi connectivity index (χ2n) is 3.10. The summed E-state index contributed by atoms with van der Waals surface area (Å²) in [6.07, 6.45) is 0.620. The summed E-state index contributed by atoms with van der Waals surface area (Å²) in [5, 5.41) is 0. The van der Waals surface area contributed by atoms with E-state index in [0.717, 1.165) is 0 Å². The van der Waals surface area contributed by atoms with Gasteiger partial charge in [-0.25, -0.2) is 0 Å². The van der Waals surface area contributed by atoms with Crippen LogP contribution in [-0.4, -0.2) is 5.51 Å². The van der Waals surface area contributed by atoms with E-state index in [1.807, 2.05) is 6.92 Å². The first-order valence-electron chi connectivity index (χ1n) is 4.54. The number of thioether (sulfide) groups is 1. The van der Waals surface area contributed by atoms with E-state index in [1.54, 1.807) is 18.2 Å². The fourth-order valence-electron chi connectivity index (χ4n) is 1.22. The number of alkyl halides is 3. The Balaban J connectivity index is 0.00000225. The van der Waals surface area contributed by atoms with Crippen molar-refractivity contribution in [1.82, 2.24) is 0 Å². The number of rotatable bonds is 3. The molecule has 0 aliphatic rings. The van der Waals surface area contributed by atoms with Crippen molar-refractivity contribution in [2.45, 2.75) is 29.8 Å². The number of benzene rings is 1. The highest BCUT2D eigenvalue weighted by atomic mass is 35.5. The van der Waals surface area contributed by atoms with E-state index in [1.165, 1.54) is 6.07 Å². The fraction of sp³-hybridized carbons (Fsp3) is 0.400. The van der Waals surface area contributed by atoms with Crippen LogP contribution in [0.2, 0.25) is 0 Å². The van der Waals surface area contributed by atoms with Crippen molar-refractivity contribution >= 4 is 24.2 Å². The molecule has 1 atom stereocenters. The predicted octanol–water partition coefficient (Wildman–Crippen LogP) is 4.13. The maximum Gasteiger partial charge on any atom is 0.446 e. The molecule has 0 aromatic heterocycles. The van der Waals surface area contributed by atoms with Gasteiger partial charge in [0.1, 0.15) is 0 Å². The third-order valence-electron chi connectivity index (χ3n) is 1.98. The molecule has 2 N–H and O–H groups in total. The van der Waals surface area contributed by atoms with Gasteiger partial charge in [0.05, 0.1) is 0 Å². The van der Waals surface area contributed by atoms with Crippen LogP contribution in [0, 0.1) is 0 Å². The van der Waals surface area contributed by atoms with Crippen LogP contribution in [0.3, 0.4) is 0 Å². The molecule has 0 saturated heterocycles. The monoisotopic (exact) mass is 271 g/mol. The predicted molar refractivity (Wildman–Crippen MR) is 62.8 cm³/mol. The second-order valence-corrected chi connectivity index (χ2v) is 4.21. The lowest BCUT2D eigenvalue weighted by molar-refractivity contribution is -0.0328. The molecule has 1 nitrogen and oxygen atoms in total. The fourth-order valence-corrected chi connectivity index (χ4v) is 1.96. The molecule has 0 unspecified atom stereocenters. The Labute approximate surface area is 103 Å². The van der Waals surface area contributed by atoms with E-state index < -0.39 is 5.51 Å². The van der Waals surface area contributed by atoms with Gasteiger partial charge in [0.25, 0.3) is 0 Å². The van der Waals surface area contributed by atoms with Crippen LogP contribution in [0.25, 0.3) is 0 Å². The summed E-state index contributed by atoms with van der Waals surface area (Å²) in [6.45, 7) is 1.85. The van der Waals surface area contributed by atoms with Crippen molar-refractivity contribution in [2.75, 3.05) is 0 Å². The van der Waals surface area contributed by atoms with Gasteiger partial charge in [0.2, 0.25) is 0 Å². The van der Waals surface area contributed by atoms with Gasteiger partial charge < -0.3 is 5.73 Å². The Morgan fingerprint density at radius 3 is 2.38 bits per heavy atom. The highest BCUT2D eigenvalue weighted by Gasteiger charge is 2.30. The third kappa shape index (κ3) is 4.63. The molecular weight excluding hydrogens is 259 g/mol. The first kappa shape index (κ1) is 15.6. The number of hydrogen-bond donors (Lipinski definition) is 1. The van der Waals surface area contributed by atoms with Gasteiger partial charge in [0.15, 0.2) is 0 Å². The van der Waals surface area contributed by atoms with Crippen LogP contribution in [0.15, 0.2) is 29.2 Å². The lowest BCUT2D eigenvalue weighted by atomic mass is 10.1. The first-order valence-corrected chi connectivity index (χ1v) is 5.36. The molecule has 1 aromatic carbocycles. The van der Waals surface area contributed by atoms with Gasteiger partial charge in [-0.2, -0.15) is 13.2 Å². The van der Waals surface area contributed by atoms with E-state index in [9.17, 15) is 13.2 Å². The lowest BCUT2D eigenvalue weighted by Gasteiger charge is -2.15. The average Bonchev–Trinajstić information content (AvgIpc) is 2.15. The highest BCUT2D eigenvalue weighted by molar-refractivity contribution is 8.00. The molecule has 16 heavy (non-hydrogen) atoms. The van der Waals surface area contributed by atoms with Crippen molar-refractivity contribution < 1.29 is 13.2 Å². The molecule has 0 fully saturated rings. The van der Waals surface area contributed by atoms with Crippen molar-refractivity contribution in [3.63, 3.8) is 0 Å². The van der Waals surface area contributed by atoms with Crippen LogP contribution < -0.4 is 5.73 Å². The van der Waals surface area contributed by atoms with Gasteiger partial charge in [-0.15, -0.1) is 12.4 Å². The summed E-state index contributed by atoms with van der Waals surface area (Å²) in [7, 11) is 0. The summed E-state index contributed by atoms with van der Waals surface area (Å²) in [5.41, 5.74) is 2.03. The molecule has 0 bridgehead atoms. The first-order chi connectivity index (χ1) is 6.94. The van der Waals surface area contributed by atoms with Crippen LogP contribution in [0.5, 0.6) is 0 Å². The van der Waals surface area contributed by atoms with Crippen molar-refractivity contribution in [1.29, 1.82) is 0 Å². The Hall–Kier alpha value is -0.390. The molecule has 1 rings (SSSR count). The topological polar surface area (TPSA) is 26.0 Å². The van der Waals surface area contributed by atoms with E-state index in [0.29, 0.717) is 12.0 Å². The van der Waals surface area contributed by atoms with Gasteiger partial charge in [-0.1, -0.05) is 25.1 Å². The largest absolute Gasteiger partial charge is 0.446 e. The van der Waals surface area contributed by atoms with Gasteiger partial charge >= 0.3 is 5.51 Å². The summed E-state index contributed by atoms with van der Waals surface area (Å²) < 4.78 is 36.6. The zero-order valence-corrected chi connectivity index (χ0v) is 10.3. The van der Waals surface area contributed by atoms with Gasteiger partial charge in [-0.3, -0.25) is 0 Å². The zero-order chi connectivity index (χ0) is 11.5. The lowest BCUT2D eigenvalue weighted by Crippen LogP contribution is -2.11. The summed E-state index contributed by atoms with van der Waals surface area (Å²) in [5.74, 6) is 0. The Kier molecular flexibility index (Phi) is 6.22. The van der Waals surface area contributed by atoms with Crippen LogP contribution >= 0.6 is 24.2 Å². The van der Waals surface area contributed by atoms with Gasteiger partial charge in [-0.05, 0) is 29.8 Å². The minimum absolute atomic E-state index is 0. The van der Waals surface area contributed by atoms with Crippen LogP contribution in [-0.2, 0) is 0 Å². The summed E-state index contributed by atoms with van der Waals surface area (Å²) >= 11 is -0.109. The maximum atomic E-state index is 12.2. The summed E-state index contributed by atoms with van der Waals surface area (Å²) in [6, 6.07) is 6.03. The SMILES string of the molecule is CC[C@@H](N)c1ccccc1SC(F)(F)F.Cl. The Morgan fingerprint density at radius 1 is 1.31 bits per heavy atom. The normalized spacial score (nSPS) is 13.1. The average molecular weight is 272 g/mol. The number of nitrogens with two attached hydrogens (primary N) is 1. The molecule has 0 heterocycles. The maximum absolute atomic E-state index is 12.2. The molecule has 0 aliphatic heterocycles.